The Labute approximate surface area is 119 Å². The number of ether oxygens (including phenoxy) is 2. The molecular formula is C14H20O5S. The van der Waals surface area contributed by atoms with Gasteiger partial charge in [0.2, 0.25) is 0 Å². The molecule has 1 rings (SSSR count). The van der Waals surface area contributed by atoms with Crippen LogP contribution in [0.1, 0.15) is 30.6 Å². The summed E-state index contributed by atoms with van der Waals surface area (Å²) in [4.78, 5) is 11.4. The first-order chi connectivity index (χ1) is 9.48. The lowest BCUT2D eigenvalue weighted by Gasteiger charge is -2.07. The molecule has 0 saturated heterocycles. The van der Waals surface area contributed by atoms with Gasteiger partial charge in [-0.25, -0.2) is 13.2 Å². The summed E-state index contributed by atoms with van der Waals surface area (Å²) >= 11 is 0. The van der Waals surface area contributed by atoms with Crippen molar-refractivity contribution in [3.8, 4) is 5.75 Å². The number of esters is 1. The summed E-state index contributed by atoms with van der Waals surface area (Å²) in [5.41, 5.74) is 0.466. The maximum Gasteiger partial charge on any atom is 0.338 e. The van der Waals surface area contributed by atoms with Crippen molar-refractivity contribution in [3.63, 3.8) is 0 Å². The number of hydrogen-bond donors (Lipinski definition) is 0. The van der Waals surface area contributed by atoms with Crippen LogP contribution < -0.4 is 4.74 Å². The summed E-state index contributed by atoms with van der Waals surface area (Å²) in [5, 5.41) is 0. The van der Waals surface area contributed by atoms with Gasteiger partial charge in [-0.1, -0.05) is 6.92 Å². The van der Waals surface area contributed by atoms with Crippen molar-refractivity contribution in [2.75, 3.05) is 24.7 Å². The quantitative estimate of drug-likeness (QED) is 0.543. The predicted octanol–water partition coefficient (Wildman–Crippen LogP) is 2.07. The van der Waals surface area contributed by atoms with Gasteiger partial charge in [-0.15, -0.1) is 0 Å². The molecule has 0 spiro atoms. The molecule has 20 heavy (non-hydrogen) atoms. The average Bonchev–Trinajstić information content (AvgIpc) is 2.44. The van der Waals surface area contributed by atoms with Crippen LogP contribution in [-0.4, -0.2) is 39.1 Å². The second-order valence-electron chi connectivity index (χ2n) is 4.18. The summed E-state index contributed by atoms with van der Waals surface area (Å²) in [5.74, 6) is 0.520. The van der Waals surface area contributed by atoms with Gasteiger partial charge in [-0.3, -0.25) is 0 Å². The number of rotatable bonds is 8. The fourth-order valence-electron chi connectivity index (χ4n) is 1.51. The number of carbonyl (C=O) groups is 1. The largest absolute Gasteiger partial charge is 0.494 e. The van der Waals surface area contributed by atoms with E-state index < -0.39 is 9.84 Å². The van der Waals surface area contributed by atoms with Crippen LogP contribution in [0.2, 0.25) is 0 Å². The second-order valence-corrected chi connectivity index (χ2v) is 6.66. The van der Waals surface area contributed by atoms with Crippen LogP contribution in [0.5, 0.6) is 5.75 Å². The van der Waals surface area contributed by atoms with Crippen LogP contribution in [0.4, 0.5) is 0 Å². The normalized spacial score (nSPS) is 11.1. The highest BCUT2D eigenvalue weighted by atomic mass is 32.2. The number of carbonyl (C=O) groups excluding carboxylic acids is 1. The summed E-state index contributed by atoms with van der Waals surface area (Å²) in [7, 11) is -2.94. The number of sulfone groups is 1. The van der Waals surface area contributed by atoms with Crippen LogP contribution in [0, 0.1) is 0 Å². The Morgan fingerprint density at radius 3 is 2.35 bits per heavy atom. The van der Waals surface area contributed by atoms with Gasteiger partial charge in [-0.05, 0) is 37.6 Å². The van der Waals surface area contributed by atoms with Crippen LogP contribution in [-0.2, 0) is 14.6 Å². The third-order valence-corrected chi connectivity index (χ3v) is 4.46. The first kappa shape index (κ1) is 16.5. The highest BCUT2D eigenvalue weighted by Crippen LogP contribution is 2.13. The molecule has 0 radical (unpaired) electrons. The SMILES string of the molecule is CCOC(=O)c1ccc(OCCCS(=O)(=O)CC)cc1. The average molecular weight is 300 g/mol. The zero-order valence-corrected chi connectivity index (χ0v) is 12.6. The molecule has 0 unspecified atom stereocenters. The van der Waals surface area contributed by atoms with Crippen molar-refractivity contribution in [2.45, 2.75) is 20.3 Å². The van der Waals surface area contributed by atoms with Crippen LogP contribution in [0.25, 0.3) is 0 Å². The molecule has 0 saturated carbocycles. The molecule has 1 aromatic carbocycles. The van der Waals surface area contributed by atoms with Gasteiger partial charge in [0, 0.05) is 5.75 Å². The maximum absolute atomic E-state index is 11.4. The lowest BCUT2D eigenvalue weighted by Crippen LogP contribution is -2.11. The molecule has 0 amide bonds. The second kappa shape index (κ2) is 7.89. The molecule has 0 aromatic heterocycles. The molecule has 0 bridgehead atoms. The molecule has 0 fully saturated rings. The van der Waals surface area contributed by atoms with Gasteiger partial charge in [-0.2, -0.15) is 0 Å². The molecule has 0 N–H and O–H groups in total. The number of hydrogen-bond acceptors (Lipinski definition) is 5. The summed E-state index contributed by atoms with van der Waals surface area (Å²) in [6.07, 6.45) is 0.454. The minimum absolute atomic E-state index is 0.129. The molecule has 0 atom stereocenters. The first-order valence-corrected chi connectivity index (χ1v) is 8.41. The van der Waals surface area contributed by atoms with E-state index in [2.05, 4.69) is 0 Å². The van der Waals surface area contributed by atoms with E-state index in [4.69, 9.17) is 9.47 Å². The minimum Gasteiger partial charge on any atom is -0.494 e. The first-order valence-electron chi connectivity index (χ1n) is 6.59. The Balaban J connectivity index is 2.41. The molecule has 1 aromatic rings. The Morgan fingerprint density at radius 1 is 1.15 bits per heavy atom. The fraction of sp³-hybridized carbons (Fsp3) is 0.500. The third kappa shape index (κ3) is 5.61. The fourth-order valence-corrected chi connectivity index (χ4v) is 2.36. The molecule has 0 aliphatic heterocycles. The van der Waals surface area contributed by atoms with Crippen molar-refractivity contribution in [1.29, 1.82) is 0 Å². The van der Waals surface area contributed by atoms with Crippen molar-refractivity contribution >= 4 is 15.8 Å². The van der Waals surface area contributed by atoms with Gasteiger partial charge in [0.1, 0.15) is 15.6 Å². The van der Waals surface area contributed by atoms with E-state index >= 15 is 0 Å². The van der Waals surface area contributed by atoms with E-state index in [0.717, 1.165) is 0 Å². The van der Waals surface area contributed by atoms with Crippen molar-refractivity contribution < 1.29 is 22.7 Å². The lowest BCUT2D eigenvalue weighted by atomic mass is 10.2. The highest BCUT2D eigenvalue weighted by Gasteiger charge is 2.08. The Hall–Kier alpha value is -1.56. The van der Waals surface area contributed by atoms with Gasteiger partial charge >= 0.3 is 5.97 Å². The van der Waals surface area contributed by atoms with Gasteiger partial charge in [0.25, 0.3) is 0 Å². The monoisotopic (exact) mass is 300 g/mol. The predicted molar refractivity (Wildman–Crippen MR) is 76.8 cm³/mol. The van der Waals surface area contributed by atoms with E-state index in [0.29, 0.717) is 30.9 Å². The molecule has 0 aliphatic carbocycles. The standard InChI is InChI=1S/C14H20O5S/c1-3-18-14(15)12-6-8-13(9-7-12)19-10-5-11-20(16,17)4-2/h6-9H,3-5,10-11H2,1-2H3. The molecular weight excluding hydrogens is 280 g/mol. The van der Waals surface area contributed by atoms with Crippen molar-refractivity contribution in [2.24, 2.45) is 0 Å². The zero-order chi connectivity index (χ0) is 15.0. The van der Waals surface area contributed by atoms with Gasteiger partial charge < -0.3 is 9.47 Å². The van der Waals surface area contributed by atoms with Crippen LogP contribution in [0.3, 0.4) is 0 Å². The molecule has 6 heteroatoms. The Morgan fingerprint density at radius 2 is 1.80 bits per heavy atom. The smallest absolute Gasteiger partial charge is 0.338 e. The summed E-state index contributed by atoms with van der Waals surface area (Å²) in [6, 6.07) is 6.58. The van der Waals surface area contributed by atoms with Gasteiger partial charge in [0.15, 0.2) is 0 Å². The van der Waals surface area contributed by atoms with E-state index in [1.54, 1.807) is 38.1 Å². The van der Waals surface area contributed by atoms with E-state index in [-0.39, 0.29) is 17.5 Å². The lowest BCUT2D eigenvalue weighted by molar-refractivity contribution is 0.0526. The van der Waals surface area contributed by atoms with E-state index in [1.807, 2.05) is 0 Å². The Kier molecular flexibility index (Phi) is 6.51. The minimum atomic E-state index is -2.94. The Bertz CT molecular complexity index is 519. The topological polar surface area (TPSA) is 69.7 Å². The molecule has 112 valence electrons. The molecule has 0 heterocycles. The van der Waals surface area contributed by atoms with Gasteiger partial charge in [0.05, 0.1) is 24.5 Å². The van der Waals surface area contributed by atoms with Crippen molar-refractivity contribution in [3.05, 3.63) is 29.8 Å². The van der Waals surface area contributed by atoms with E-state index in [1.165, 1.54) is 0 Å². The molecule has 0 aliphatic rings. The summed E-state index contributed by atoms with van der Waals surface area (Å²) in [6.45, 7) is 4.05. The van der Waals surface area contributed by atoms with Crippen LogP contribution in [0.15, 0.2) is 24.3 Å². The van der Waals surface area contributed by atoms with E-state index in [9.17, 15) is 13.2 Å². The highest BCUT2D eigenvalue weighted by molar-refractivity contribution is 7.91. The van der Waals surface area contributed by atoms with Crippen LogP contribution >= 0.6 is 0 Å². The third-order valence-electron chi connectivity index (χ3n) is 2.67. The maximum atomic E-state index is 11.4. The zero-order valence-electron chi connectivity index (χ0n) is 11.8. The number of benzene rings is 1. The van der Waals surface area contributed by atoms with Crippen molar-refractivity contribution in [1.82, 2.24) is 0 Å². The summed E-state index contributed by atoms with van der Waals surface area (Å²) < 4.78 is 32.9. The molecule has 5 nitrogen and oxygen atoms in total.